The third-order valence-electron chi connectivity index (χ3n) is 3.67. The van der Waals surface area contributed by atoms with E-state index >= 15 is 0 Å². The van der Waals surface area contributed by atoms with Crippen LogP contribution in [0.3, 0.4) is 0 Å². The third-order valence-corrected chi connectivity index (χ3v) is 5.40. The molecule has 4 aromatic rings. The number of thiazole rings is 2. The van der Waals surface area contributed by atoms with E-state index in [1.807, 2.05) is 69.5 Å². The van der Waals surface area contributed by atoms with Crippen molar-refractivity contribution in [3.63, 3.8) is 0 Å². The highest BCUT2D eigenvalue weighted by Crippen LogP contribution is 2.23. The summed E-state index contributed by atoms with van der Waals surface area (Å²) in [5, 5.41) is 3.88. The zero-order valence-electron chi connectivity index (χ0n) is 12.9. The number of aryl methyl sites for hydroxylation is 1. The summed E-state index contributed by atoms with van der Waals surface area (Å²) in [6, 6.07) is 10.0. The molecule has 0 bridgehead atoms. The molecule has 24 heavy (non-hydrogen) atoms. The number of amides is 1. The van der Waals surface area contributed by atoms with Gasteiger partial charge in [0.15, 0.2) is 9.76 Å². The Bertz CT molecular complexity index is 1070. The number of carbonyl (C=O) groups is 1. The SMILES string of the molecule is Cn1ccsc1=NC(=O)Cc1csc2nc(-c3ccccc3)cn12. The Hall–Kier alpha value is -2.51. The first-order valence-corrected chi connectivity index (χ1v) is 9.15. The van der Waals surface area contributed by atoms with Crippen LogP contribution in [-0.2, 0) is 18.3 Å². The highest BCUT2D eigenvalue weighted by molar-refractivity contribution is 7.15. The Morgan fingerprint density at radius 3 is 2.83 bits per heavy atom. The van der Waals surface area contributed by atoms with Gasteiger partial charge in [0.2, 0.25) is 0 Å². The van der Waals surface area contributed by atoms with Gasteiger partial charge < -0.3 is 4.57 Å². The molecule has 1 amide bonds. The van der Waals surface area contributed by atoms with E-state index in [4.69, 9.17) is 0 Å². The molecule has 1 aromatic carbocycles. The van der Waals surface area contributed by atoms with Gasteiger partial charge in [-0.25, -0.2) is 4.98 Å². The zero-order valence-corrected chi connectivity index (χ0v) is 14.5. The third kappa shape index (κ3) is 2.83. The van der Waals surface area contributed by atoms with Gasteiger partial charge in [0.05, 0.1) is 12.1 Å². The summed E-state index contributed by atoms with van der Waals surface area (Å²) < 4.78 is 3.82. The molecule has 0 radical (unpaired) electrons. The Morgan fingerprint density at radius 2 is 2.08 bits per heavy atom. The molecule has 0 N–H and O–H groups in total. The minimum Gasteiger partial charge on any atom is -0.327 e. The van der Waals surface area contributed by atoms with Gasteiger partial charge in [-0.15, -0.1) is 22.7 Å². The monoisotopic (exact) mass is 354 g/mol. The number of benzene rings is 1. The fraction of sp³-hybridized carbons (Fsp3) is 0.118. The predicted octanol–water partition coefficient (Wildman–Crippen LogP) is 3.13. The first-order valence-electron chi connectivity index (χ1n) is 7.39. The molecule has 7 heteroatoms. The topological polar surface area (TPSA) is 51.7 Å². The molecule has 3 aromatic heterocycles. The van der Waals surface area contributed by atoms with Gasteiger partial charge in [-0.1, -0.05) is 30.3 Å². The van der Waals surface area contributed by atoms with Gasteiger partial charge >= 0.3 is 0 Å². The van der Waals surface area contributed by atoms with Gasteiger partial charge in [-0.05, 0) is 0 Å². The molecule has 0 saturated carbocycles. The second-order valence-corrected chi connectivity index (χ2v) is 7.06. The molecule has 0 saturated heterocycles. The van der Waals surface area contributed by atoms with E-state index in [-0.39, 0.29) is 12.3 Å². The van der Waals surface area contributed by atoms with Crippen molar-refractivity contribution in [2.75, 3.05) is 0 Å². The predicted molar refractivity (Wildman–Crippen MR) is 96.1 cm³/mol. The number of nitrogens with zero attached hydrogens (tertiary/aromatic N) is 4. The molecule has 4 rings (SSSR count). The second-order valence-electron chi connectivity index (χ2n) is 5.35. The van der Waals surface area contributed by atoms with Crippen LogP contribution in [0.2, 0.25) is 0 Å². The first kappa shape index (κ1) is 15.0. The van der Waals surface area contributed by atoms with E-state index in [1.54, 1.807) is 0 Å². The van der Waals surface area contributed by atoms with E-state index in [1.165, 1.54) is 22.7 Å². The summed E-state index contributed by atoms with van der Waals surface area (Å²) in [6.45, 7) is 0. The summed E-state index contributed by atoms with van der Waals surface area (Å²) in [5.41, 5.74) is 2.90. The Balaban J connectivity index is 1.64. The largest absolute Gasteiger partial charge is 0.327 e. The molecule has 0 aliphatic heterocycles. The molecular weight excluding hydrogens is 340 g/mol. The van der Waals surface area contributed by atoms with Crippen molar-refractivity contribution in [1.82, 2.24) is 14.0 Å². The quantitative estimate of drug-likeness (QED) is 0.567. The number of hydrogen-bond donors (Lipinski definition) is 0. The fourth-order valence-corrected chi connectivity index (χ4v) is 4.06. The van der Waals surface area contributed by atoms with E-state index in [0.29, 0.717) is 4.80 Å². The Labute approximate surface area is 146 Å². The lowest BCUT2D eigenvalue weighted by molar-refractivity contribution is -0.117. The lowest BCUT2D eigenvalue weighted by Crippen LogP contribution is -2.14. The zero-order chi connectivity index (χ0) is 16.5. The highest BCUT2D eigenvalue weighted by Gasteiger charge is 2.12. The van der Waals surface area contributed by atoms with Crippen LogP contribution < -0.4 is 4.80 Å². The minimum absolute atomic E-state index is 0.150. The van der Waals surface area contributed by atoms with Gasteiger partial charge in [0, 0.05) is 41.5 Å². The molecule has 5 nitrogen and oxygen atoms in total. The van der Waals surface area contributed by atoms with E-state index in [0.717, 1.165) is 21.9 Å². The molecule has 120 valence electrons. The smallest absolute Gasteiger partial charge is 0.254 e. The molecule has 0 aliphatic rings. The fourth-order valence-electron chi connectivity index (χ4n) is 2.44. The molecule has 0 unspecified atom stereocenters. The maximum absolute atomic E-state index is 12.2. The van der Waals surface area contributed by atoms with E-state index in [2.05, 4.69) is 9.98 Å². The second kappa shape index (κ2) is 6.18. The van der Waals surface area contributed by atoms with E-state index < -0.39 is 0 Å². The maximum Gasteiger partial charge on any atom is 0.254 e. The average Bonchev–Trinajstić information content (AvgIpc) is 3.27. The molecule has 0 atom stereocenters. The van der Waals surface area contributed by atoms with Crippen LogP contribution in [0.5, 0.6) is 0 Å². The minimum atomic E-state index is -0.150. The van der Waals surface area contributed by atoms with Crippen LogP contribution in [0.1, 0.15) is 5.69 Å². The summed E-state index contributed by atoms with van der Waals surface area (Å²) >= 11 is 2.99. The number of aromatic nitrogens is 3. The van der Waals surface area contributed by atoms with Crippen molar-refractivity contribution in [2.24, 2.45) is 12.0 Å². The number of fused-ring (bicyclic) bond motifs is 1. The maximum atomic E-state index is 12.2. The normalized spacial score (nSPS) is 12.1. The number of imidazole rings is 1. The Morgan fingerprint density at radius 1 is 1.25 bits per heavy atom. The van der Waals surface area contributed by atoms with E-state index in [9.17, 15) is 4.79 Å². The van der Waals surface area contributed by atoms with Crippen molar-refractivity contribution < 1.29 is 4.79 Å². The lowest BCUT2D eigenvalue weighted by Gasteiger charge is -1.96. The summed E-state index contributed by atoms with van der Waals surface area (Å²) in [4.78, 5) is 22.7. The summed E-state index contributed by atoms with van der Waals surface area (Å²) in [6.07, 6.45) is 4.14. The molecule has 0 aliphatic carbocycles. The number of hydrogen-bond acceptors (Lipinski definition) is 4. The van der Waals surface area contributed by atoms with Crippen molar-refractivity contribution >= 4 is 33.5 Å². The van der Waals surface area contributed by atoms with Gasteiger partial charge in [-0.3, -0.25) is 9.20 Å². The van der Waals surface area contributed by atoms with Gasteiger partial charge in [0.25, 0.3) is 5.91 Å². The van der Waals surface area contributed by atoms with Crippen LogP contribution in [0, 0.1) is 0 Å². The molecule has 0 fully saturated rings. The van der Waals surface area contributed by atoms with Crippen LogP contribution in [0.4, 0.5) is 0 Å². The molecule has 3 heterocycles. The average molecular weight is 354 g/mol. The van der Waals surface area contributed by atoms with Crippen LogP contribution in [-0.4, -0.2) is 19.9 Å². The molecular formula is C17H14N4OS2. The van der Waals surface area contributed by atoms with Crippen molar-refractivity contribution in [2.45, 2.75) is 6.42 Å². The van der Waals surface area contributed by atoms with Crippen molar-refractivity contribution in [1.29, 1.82) is 0 Å². The van der Waals surface area contributed by atoms with Crippen LogP contribution in [0.15, 0.2) is 58.5 Å². The van der Waals surface area contributed by atoms with Crippen LogP contribution >= 0.6 is 22.7 Å². The summed E-state index contributed by atoms with van der Waals surface area (Å²) in [7, 11) is 1.88. The molecule has 0 spiro atoms. The number of carbonyl (C=O) groups excluding carboxylic acids is 1. The van der Waals surface area contributed by atoms with Crippen molar-refractivity contribution in [3.8, 4) is 11.3 Å². The summed E-state index contributed by atoms with van der Waals surface area (Å²) in [5.74, 6) is -0.150. The lowest BCUT2D eigenvalue weighted by atomic mass is 10.2. The van der Waals surface area contributed by atoms with Crippen molar-refractivity contribution in [3.05, 3.63) is 64.0 Å². The van der Waals surface area contributed by atoms with Crippen LogP contribution in [0.25, 0.3) is 16.2 Å². The number of rotatable bonds is 3. The highest BCUT2D eigenvalue weighted by atomic mass is 32.1. The van der Waals surface area contributed by atoms with Gasteiger partial charge in [-0.2, -0.15) is 4.99 Å². The Kier molecular flexibility index (Phi) is 3.87. The standard InChI is InChI=1S/C17H14N4OS2/c1-20-7-8-23-16(20)19-15(22)9-13-11-24-17-18-14(10-21(13)17)12-5-3-2-4-6-12/h2-8,10-11H,9H2,1H3. The first-order chi connectivity index (χ1) is 11.7. The van der Waals surface area contributed by atoms with Gasteiger partial charge in [0.1, 0.15) is 0 Å².